The molecule has 0 saturated heterocycles. The second-order valence-corrected chi connectivity index (χ2v) is 6.27. The summed E-state index contributed by atoms with van der Waals surface area (Å²) in [5, 5.41) is 3.54. The Morgan fingerprint density at radius 3 is 2.55 bits per heavy atom. The van der Waals surface area contributed by atoms with E-state index in [1.54, 1.807) is 13.2 Å². The number of hydrogen-bond acceptors (Lipinski definition) is 2. The van der Waals surface area contributed by atoms with Crippen molar-refractivity contribution in [2.24, 2.45) is 0 Å². The Morgan fingerprint density at radius 2 is 2.05 bits per heavy atom. The van der Waals surface area contributed by atoms with E-state index in [4.69, 9.17) is 4.74 Å². The molecule has 2 nitrogen and oxygen atoms in total. The number of methoxy groups -OCH3 is 1. The summed E-state index contributed by atoms with van der Waals surface area (Å²) in [5.74, 6) is -0.209. The van der Waals surface area contributed by atoms with Crippen LogP contribution < -0.4 is 5.32 Å². The molecule has 0 fully saturated rings. The predicted molar refractivity (Wildman–Crippen MR) is 85.6 cm³/mol. The molecule has 20 heavy (non-hydrogen) atoms. The van der Waals surface area contributed by atoms with Crippen LogP contribution in [0.15, 0.2) is 22.7 Å². The molecule has 2 atom stereocenters. The summed E-state index contributed by atoms with van der Waals surface area (Å²) in [6, 6.07) is 5.20. The fourth-order valence-electron chi connectivity index (χ4n) is 2.32. The highest BCUT2D eigenvalue weighted by molar-refractivity contribution is 9.10. The highest BCUT2D eigenvalue weighted by Crippen LogP contribution is 2.24. The molecule has 0 aliphatic heterocycles. The number of nitrogens with one attached hydrogen (secondary N) is 1. The van der Waals surface area contributed by atoms with E-state index in [0.717, 1.165) is 35.8 Å². The largest absolute Gasteiger partial charge is 0.377 e. The van der Waals surface area contributed by atoms with Gasteiger partial charge in [-0.25, -0.2) is 4.39 Å². The molecule has 0 saturated carbocycles. The summed E-state index contributed by atoms with van der Waals surface area (Å²) in [6.07, 6.45) is 2.71. The van der Waals surface area contributed by atoms with Crippen molar-refractivity contribution in [2.45, 2.75) is 51.7 Å². The third-order valence-corrected chi connectivity index (χ3v) is 4.37. The Labute approximate surface area is 130 Å². The number of benzene rings is 1. The van der Waals surface area contributed by atoms with Crippen LogP contribution in [0.2, 0.25) is 0 Å². The van der Waals surface area contributed by atoms with E-state index in [-0.39, 0.29) is 17.5 Å². The lowest BCUT2D eigenvalue weighted by Gasteiger charge is -2.36. The van der Waals surface area contributed by atoms with E-state index in [9.17, 15) is 4.39 Å². The zero-order chi connectivity index (χ0) is 15.2. The first-order valence-electron chi connectivity index (χ1n) is 7.18. The third kappa shape index (κ3) is 4.83. The minimum absolute atomic E-state index is 0.158. The number of rotatable bonds is 8. The Kier molecular flexibility index (Phi) is 7.13. The molecular weight excluding hydrogens is 321 g/mol. The molecular formula is C16H25BrFNO. The van der Waals surface area contributed by atoms with E-state index in [2.05, 4.69) is 42.0 Å². The van der Waals surface area contributed by atoms with Gasteiger partial charge in [-0.1, -0.05) is 29.8 Å². The lowest BCUT2D eigenvalue weighted by Crippen LogP contribution is -2.51. The highest BCUT2D eigenvalue weighted by atomic mass is 79.9. The summed E-state index contributed by atoms with van der Waals surface area (Å²) < 4.78 is 20.0. The monoisotopic (exact) mass is 345 g/mol. The Hall–Kier alpha value is -0.450. The van der Waals surface area contributed by atoms with Crippen LogP contribution in [0, 0.1) is 5.82 Å². The highest BCUT2D eigenvalue weighted by Gasteiger charge is 2.32. The summed E-state index contributed by atoms with van der Waals surface area (Å²) in [5.41, 5.74) is 0.718. The zero-order valence-corrected chi connectivity index (χ0v) is 14.4. The van der Waals surface area contributed by atoms with Crippen LogP contribution in [0.4, 0.5) is 4.39 Å². The minimum atomic E-state index is -0.256. The molecule has 2 unspecified atom stereocenters. The second kappa shape index (κ2) is 8.11. The van der Waals surface area contributed by atoms with Gasteiger partial charge in [0, 0.05) is 17.6 Å². The van der Waals surface area contributed by atoms with Crippen molar-refractivity contribution < 1.29 is 9.13 Å². The standard InChI is InChI=1S/C16H25BrFNO/c1-5-7-19-15(16(3,6-2)20-4)10-12-8-13(17)11-14(18)9-12/h8-9,11,15,19H,5-7,10H2,1-4H3. The van der Waals surface area contributed by atoms with E-state index in [1.807, 2.05) is 6.07 Å². The van der Waals surface area contributed by atoms with Crippen LogP contribution in [-0.2, 0) is 11.2 Å². The number of halogens is 2. The van der Waals surface area contributed by atoms with Crippen molar-refractivity contribution in [3.8, 4) is 0 Å². The summed E-state index contributed by atoms with van der Waals surface area (Å²) in [7, 11) is 1.74. The topological polar surface area (TPSA) is 21.3 Å². The molecule has 0 aliphatic rings. The normalized spacial score (nSPS) is 15.9. The van der Waals surface area contributed by atoms with Gasteiger partial charge in [-0.15, -0.1) is 0 Å². The van der Waals surface area contributed by atoms with Gasteiger partial charge in [0.15, 0.2) is 0 Å². The molecule has 0 bridgehead atoms. The van der Waals surface area contributed by atoms with Gasteiger partial charge in [0.25, 0.3) is 0 Å². The average Bonchev–Trinajstić information content (AvgIpc) is 2.41. The van der Waals surface area contributed by atoms with E-state index < -0.39 is 0 Å². The Balaban J connectivity index is 2.93. The smallest absolute Gasteiger partial charge is 0.124 e. The zero-order valence-electron chi connectivity index (χ0n) is 12.8. The summed E-state index contributed by atoms with van der Waals surface area (Å²) >= 11 is 3.35. The van der Waals surface area contributed by atoms with Crippen molar-refractivity contribution in [1.29, 1.82) is 0 Å². The summed E-state index contributed by atoms with van der Waals surface area (Å²) in [6.45, 7) is 7.29. The molecule has 0 spiro atoms. The average molecular weight is 346 g/mol. The molecule has 0 aliphatic carbocycles. The molecule has 1 aromatic rings. The summed E-state index contributed by atoms with van der Waals surface area (Å²) in [4.78, 5) is 0. The van der Waals surface area contributed by atoms with Crippen LogP contribution in [0.1, 0.15) is 39.2 Å². The van der Waals surface area contributed by atoms with Gasteiger partial charge in [0.05, 0.1) is 5.60 Å². The van der Waals surface area contributed by atoms with Gasteiger partial charge in [-0.3, -0.25) is 0 Å². The quantitative estimate of drug-likeness (QED) is 0.757. The lowest BCUT2D eigenvalue weighted by molar-refractivity contribution is -0.0287. The van der Waals surface area contributed by atoms with Crippen LogP contribution in [0.3, 0.4) is 0 Å². The molecule has 4 heteroatoms. The third-order valence-electron chi connectivity index (χ3n) is 3.91. The van der Waals surface area contributed by atoms with E-state index in [1.165, 1.54) is 6.07 Å². The van der Waals surface area contributed by atoms with Crippen LogP contribution >= 0.6 is 15.9 Å². The van der Waals surface area contributed by atoms with Gasteiger partial charge in [-0.05, 0) is 56.5 Å². The van der Waals surface area contributed by atoms with Crippen molar-refractivity contribution in [3.63, 3.8) is 0 Å². The number of ether oxygens (including phenoxy) is 1. The first-order chi connectivity index (χ1) is 9.45. The van der Waals surface area contributed by atoms with Crippen molar-refractivity contribution in [2.75, 3.05) is 13.7 Å². The van der Waals surface area contributed by atoms with Crippen molar-refractivity contribution in [1.82, 2.24) is 5.32 Å². The first-order valence-corrected chi connectivity index (χ1v) is 7.98. The molecule has 1 aromatic carbocycles. The van der Waals surface area contributed by atoms with Gasteiger partial charge in [-0.2, -0.15) is 0 Å². The SMILES string of the molecule is CCCNC(Cc1cc(F)cc(Br)c1)C(C)(CC)OC. The predicted octanol–water partition coefficient (Wildman–Crippen LogP) is 4.31. The molecule has 1 N–H and O–H groups in total. The first kappa shape index (κ1) is 17.6. The maximum absolute atomic E-state index is 13.5. The molecule has 0 aromatic heterocycles. The van der Waals surface area contributed by atoms with Gasteiger partial charge < -0.3 is 10.1 Å². The fourth-order valence-corrected chi connectivity index (χ4v) is 2.83. The van der Waals surface area contributed by atoms with Gasteiger partial charge >= 0.3 is 0 Å². The Bertz CT molecular complexity index is 401. The minimum Gasteiger partial charge on any atom is -0.377 e. The molecule has 0 amide bonds. The lowest BCUT2D eigenvalue weighted by atomic mass is 9.88. The van der Waals surface area contributed by atoms with Crippen molar-refractivity contribution in [3.05, 3.63) is 34.1 Å². The number of hydrogen-bond donors (Lipinski definition) is 1. The molecule has 0 radical (unpaired) electrons. The van der Waals surface area contributed by atoms with E-state index in [0.29, 0.717) is 0 Å². The van der Waals surface area contributed by atoms with Crippen LogP contribution in [0.25, 0.3) is 0 Å². The maximum atomic E-state index is 13.5. The van der Waals surface area contributed by atoms with Gasteiger partial charge in [0.1, 0.15) is 5.82 Å². The maximum Gasteiger partial charge on any atom is 0.124 e. The molecule has 1 rings (SSSR count). The second-order valence-electron chi connectivity index (χ2n) is 5.36. The van der Waals surface area contributed by atoms with Crippen molar-refractivity contribution >= 4 is 15.9 Å². The van der Waals surface area contributed by atoms with E-state index >= 15 is 0 Å². The van der Waals surface area contributed by atoms with Crippen LogP contribution in [-0.4, -0.2) is 25.3 Å². The fraction of sp³-hybridized carbons (Fsp3) is 0.625. The van der Waals surface area contributed by atoms with Crippen LogP contribution in [0.5, 0.6) is 0 Å². The molecule has 114 valence electrons. The van der Waals surface area contributed by atoms with Gasteiger partial charge in [0.2, 0.25) is 0 Å². The Morgan fingerprint density at radius 1 is 1.35 bits per heavy atom. The molecule has 0 heterocycles.